The summed E-state index contributed by atoms with van der Waals surface area (Å²) in [6.07, 6.45) is -0.411. The van der Waals surface area contributed by atoms with E-state index in [1.165, 1.54) is 16.7 Å². The van der Waals surface area contributed by atoms with Gasteiger partial charge in [0.05, 0.1) is 12.0 Å². The minimum absolute atomic E-state index is 0.377. The maximum Gasteiger partial charge on any atom is 0.315 e. The van der Waals surface area contributed by atoms with Crippen LogP contribution in [0.2, 0.25) is 0 Å². The number of nitrogens with two attached hydrogens (primary N) is 1. The molecule has 0 aliphatic carbocycles. The van der Waals surface area contributed by atoms with Crippen molar-refractivity contribution in [1.82, 2.24) is 4.90 Å². The van der Waals surface area contributed by atoms with Crippen LogP contribution in [0.15, 0.2) is 0 Å². The van der Waals surface area contributed by atoms with Crippen LogP contribution in [0.5, 0.6) is 0 Å². The monoisotopic (exact) mass is 162 g/mol. The molecule has 0 aromatic heterocycles. The first-order valence-corrected chi connectivity index (χ1v) is 4.16. The van der Waals surface area contributed by atoms with Gasteiger partial charge in [0, 0.05) is 12.3 Å². The molecule has 0 spiro atoms. The molecule has 1 atom stereocenters. The highest BCUT2D eigenvalue weighted by Crippen LogP contribution is 2.13. The van der Waals surface area contributed by atoms with Gasteiger partial charge in [-0.2, -0.15) is 0 Å². The Bertz CT molecular complexity index is 142. The summed E-state index contributed by atoms with van der Waals surface area (Å²) < 4.78 is 0. The molecule has 2 amide bonds. The van der Waals surface area contributed by atoms with Gasteiger partial charge in [0.15, 0.2) is 0 Å². The lowest BCUT2D eigenvalue weighted by Gasteiger charge is -2.27. The van der Waals surface area contributed by atoms with Crippen molar-refractivity contribution in [3.05, 3.63) is 0 Å². The van der Waals surface area contributed by atoms with E-state index in [1.807, 2.05) is 0 Å². The number of rotatable bonds is 0. The summed E-state index contributed by atoms with van der Waals surface area (Å²) >= 11 is 1.51. The zero-order valence-corrected chi connectivity index (χ0v) is 6.30. The van der Waals surface area contributed by atoms with Crippen molar-refractivity contribution in [3.63, 3.8) is 0 Å². The molecule has 5 heteroatoms. The van der Waals surface area contributed by atoms with Crippen LogP contribution in [0.1, 0.15) is 0 Å². The Balaban J connectivity index is 2.39. The van der Waals surface area contributed by atoms with E-state index in [1.54, 1.807) is 0 Å². The Morgan fingerprint density at radius 1 is 1.80 bits per heavy atom. The molecule has 4 nitrogen and oxygen atoms in total. The van der Waals surface area contributed by atoms with E-state index < -0.39 is 12.1 Å². The van der Waals surface area contributed by atoms with Crippen LogP contribution in [0.4, 0.5) is 4.79 Å². The molecule has 0 aromatic rings. The Hall–Kier alpha value is -0.420. The summed E-state index contributed by atoms with van der Waals surface area (Å²) in [6.45, 7) is 0.377. The second-order valence-corrected chi connectivity index (χ2v) is 3.21. The molecule has 0 radical (unpaired) electrons. The SMILES string of the molecule is NC(=O)N1CSCC(O)C1. The van der Waals surface area contributed by atoms with E-state index in [-0.39, 0.29) is 0 Å². The average Bonchev–Trinajstić information content (AvgIpc) is 1.88. The Morgan fingerprint density at radius 3 is 2.90 bits per heavy atom. The number of β-amino-alcohol motifs (C(OH)–C–C–N with tert-alkyl or cyclic N) is 1. The molecular weight excluding hydrogens is 152 g/mol. The number of hydrogen-bond acceptors (Lipinski definition) is 3. The van der Waals surface area contributed by atoms with E-state index in [9.17, 15) is 4.79 Å². The Morgan fingerprint density at radius 2 is 2.50 bits per heavy atom. The predicted molar refractivity (Wildman–Crippen MR) is 39.6 cm³/mol. The minimum Gasteiger partial charge on any atom is -0.390 e. The van der Waals surface area contributed by atoms with Gasteiger partial charge in [-0.25, -0.2) is 4.79 Å². The van der Waals surface area contributed by atoms with Gasteiger partial charge in [-0.05, 0) is 0 Å². The van der Waals surface area contributed by atoms with E-state index in [4.69, 9.17) is 10.8 Å². The van der Waals surface area contributed by atoms with Crippen LogP contribution >= 0.6 is 11.8 Å². The Kier molecular flexibility index (Phi) is 2.39. The summed E-state index contributed by atoms with van der Waals surface area (Å²) in [5, 5.41) is 9.06. The fourth-order valence-corrected chi connectivity index (χ4v) is 1.75. The van der Waals surface area contributed by atoms with Gasteiger partial charge in [-0.15, -0.1) is 11.8 Å². The molecule has 1 rings (SSSR count). The van der Waals surface area contributed by atoms with Crippen molar-refractivity contribution in [3.8, 4) is 0 Å². The molecule has 10 heavy (non-hydrogen) atoms. The van der Waals surface area contributed by atoms with E-state index in [0.29, 0.717) is 18.2 Å². The lowest BCUT2D eigenvalue weighted by Crippen LogP contribution is -2.44. The lowest BCUT2D eigenvalue weighted by molar-refractivity contribution is 0.142. The van der Waals surface area contributed by atoms with E-state index in [0.717, 1.165) is 0 Å². The zero-order valence-electron chi connectivity index (χ0n) is 5.49. The van der Waals surface area contributed by atoms with Crippen LogP contribution in [-0.4, -0.2) is 40.3 Å². The van der Waals surface area contributed by atoms with Crippen molar-refractivity contribution in [1.29, 1.82) is 0 Å². The second-order valence-electron chi connectivity index (χ2n) is 2.21. The molecule has 1 fully saturated rings. The third-order valence-electron chi connectivity index (χ3n) is 1.30. The fourth-order valence-electron chi connectivity index (χ4n) is 0.812. The lowest BCUT2D eigenvalue weighted by atomic mass is 10.4. The molecule has 1 aliphatic rings. The third kappa shape index (κ3) is 1.78. The summed E-state index contributed by atoms with van der Waals surface area (Å²) in [5.41, 5.74) is 4.99. The summed E-state index contributed by atoms with van der Waals surface area (Å²) in [6, 6.07) is -0.453. The normalized spacial score (nSPS) is 26.5. The molecular formula is C5H10N2O2S. The first-order valence-electron chi connectivity index (χ1n) is 3.00. The van der Waals surface area contributed by atoms with Gasteiger partial charge in [-0.3, -0.25) is 0 Å². The Labute approximate surface area is 63.4 Å². The predicted octanol–water partition coefficient (Wildman–Crippen LogP) is -0.568. The smallest absolute Gasteiger partial charge is 0.315 e. The minimum atomic E-state index is -0.453. The molecule has 1 heterocycles. The zero-order chi connectivity index (χ0) is 7.56. The summed E-state index contributed by atoms with van der Waals surface area (Å²) in [5.74, 6) is 1.30. The molecule has 58 valence electrons. The van der Waals surface area contributed by atoms with Gasteiger partial charge in [-0.1, -0.05) is 0 Å². The maximum absolute atomic E-state index is 10.5. The van der Waals surface area contributed by atoms with Gasteiger partial charge >= 0.3 is 6.03 Å². The molecule has 1 aliphatic heterocycles. The number of amides is 2. The number of carbonyl (C=O) groups is 1. The van der Waals surface area contributed by atoms with Crippen LogP contribution in [0.25, 0.3) is 0 Å². The molecule has 0 bridgehead atoms. The number of carbonyl (C=O) groups excluding carboxylic acids is 1. The third-order valence-corrected chi connectivity index (χ3v) is 2.41. The van der Waals surface area contributed by atoms with Crippen molar-refractivity contribution >= 4 is 17.8 Å². The average molecular weight is 162 g/mol. The highest BCUT2D eigenvalue weighted by atomic mass is 32.2. The molecule has 3 N–H and O–H groups in total. The number of hydrogen-bond donors (Lipinski definition) is 2. The number of nitrogens with zero attached hydrogens (tertiary/aromatic N) is 1. The number of aliphatic hydroxyl groups excluding tert-OH is 1. The van der Waals surface area contributed by atoms with E-state index >= 15 is 0 Å². The van der Waals surface area contributed by atoms with Crippen LogP contribution in [-0.2, 0) is 0 Å². The second kappa shape index (κ2) is 3.12. The number of urea groups is 1. The highest BCUT2D eigenvalue weighted by molar-refractivity contribution is 7.99. The largest absolute Gasteiger partial charge is 0.390 e. The quantitative estimate of drug-likeness (QED) is 0.501. The van der Waals surface area contributed by atoms with Crippen molar-refractivity contribution in [2.75, 3.05) is 18.2 Å². The molecule has 0 saturated carbocycles. The van der Waals surface area contributed by atoms with Gasteiger partial charge in [0.25, 0.3) is 0 Å². The van der Waals surface area contributed by atoms with Crippen molar-refractivity contribution in [2.24, 2.45) is 5.73 Å². The standard InChI is InChI=1S/C5H10N2O2S/c6-5(9)7-1-4(8)2-10-3-7/h4,8H,1-3H2,(H2,6,9). The summed E-state index contributed by atoms with van der Waals surface area (Å²) in [4.78, 5) is 12.0. The number of aliphatic hydroxyl groups is 1. The van der Waals surface area contributed by atoms with Gasteiger partial charge in [0.1, 0.15) is 0 Å². The highest BCUT2D eigenvalue weighted by Gasteiger charge is 2.19. The van der Waals surface area contributed by atoms with Crippen molar-refractivity contribution < 1.29 is 9.90 Å². The van der Waals surface area contributed by atoms with E-state index in [2.05, 4.69) is 0 Å². The van der Waals surface area contributed by atoms with Crippen LogP contribution in [0, 0.1) is 0 Å². The fraction of sp³-hybridized carbons (Fsp3) is 0.800. The first-order chi connectivity index (χ1) is 4.70. The van der Waals surface area contributed by atoms with Crippen molar-refractivity contribution in [2.45, 2.75) is 6.10 Å². The molecule has 1 saturated heterocycles. The van der Waals surface area contributed by atoms with Gasteiger partial charge in [0.2, 0.25) is 0 Å². The van der Waals surface area contributed by atoms with Gasteiger partial charge < -0.3 is 15.7 Å². The topological polar surface area (TPSA) is 66.6 Å². The molecule has 1 unspecified atom stereocenters. The van der Waals surface area contributed by atoms with Crippen LogP contribution < -0.4 is 5.73 Å². The van der Waals surface area contributed by atoms with Crippen LogP contribution in [0.3, 0.4) is 0 Å². The first kappa shape index (κ1) is 7.68. The molecule has 0 aromatic carbocycles. The maximum atomic E-state index is 10.5. The summed E-state index contributed by atoms with van der Waals surface area (Å²) in [7, 11) is 0. The number of thioether (sulfide) groups is 1. The number of primary amides is 1.